The van der Waals surface area contributed by atoms with Crippen molar-refractivity contribution in [2.75, 3.05) is 24.7 Å². The van der Waals surface area contributed by atoms with E-state index in [1.54, 1.807) is 4.90 Å². The summed E-state index contributed by atoms with van der Waals surface area (Å²) < 4.78 is 12.8. The molecule has 0 aliphatic heterocycles. The van der Waals surface area contributed by atoms with E-state index in [-0.39, 0.29) is 28.6 Å². The minimum Gasteiger partial charge on any atom is -0.345 e. The smallest absolute Gasteiger partial charge is 0.235 e. The van der Waals surface area contributed by atoms with Crippen LogP contribution in [0.4, 0.5) is 10.1 Å². The Morgan fingerprint density at radius 1 is 1.29 bits per heavy atom. The molecule has 0 aromatic heterocycles. The van der Waals surface area contributed by atoms with Crippen molar-refractivity contribution in [2.45, 2.75) is 37.9 Å². The number of hydrogen-bond donors (Lipinski definition) is 1. The fraction of sp³-hybridized carbons (Fsp3) is 0.556. The second-order valence-electron chi connectivity index (χ2n) is 6.38. The topological polar surface area (TPSA) is 49.4 Å². The van der Waals surface area contributed by atoms with Crippen molar-refractivity contribution in [1.29, 1.82) is 0 Å². The van der Waals surface area contributed by atoms with Crippen LogP contribution in [0.3, 0.4) is 0 Å². The Labute approximate surface area is 147 Å². The highest BCUT2D eigenvalue weighted by Gasteiger charge is 2.23. The van der Waals surface area contributed by atoms with Crippen LogP contribution in [-0.2, 0) is 9.59 Å². The van der Waals surface area contributed by atoms with Gasteiger partial charge in [0.2, 0.25) is 11.8 Å². The van der Waals surface area contributed by atoms with Crippen LogP contribution in [0.1, 0.15) is 32.6 Å². The number of nitrogens with zero attached hydrogens (tertiary/aromatic N) is 1. The average molecular weight is 352 g/mol. The van der Waals surface area contributed by atoms with Crippen LogP contribution in [0, 0.1) is 11.7 Å². The van der Waals surface area contributed by atoms with Gasteiger partial charge in [-0.3, -0.25) is 9.59 Å². The standard InChI is InChI=1S/C18H25FN2O2S/c1-13(18(23)21(2)11-14-5-3-4-6-14)24-12-17(22)20-16-9-7-15(19)8-10-16/h7-10,13-14H,3-6,11-12H2,1-2H3,(H,20,22). The quantitative estimate of drug-likeness (QED) is 0.817. The second-order valence-corrected chi connectivity index (χ2v) is 7.71. The largest absolute Gasteiger partial charge is 0.345 e. The van der Waals surface area contributed by atoms with E-state index in [2.05, 4.69) is 5.32 Å². The molecule has 1 unspecified atom stereocenters. The Kier molecular flexibility index (Phi) is 7.09. The van der Waals surface area contributed by atoms with E-state index in [9.17, 15) is 14.0 Å². The van der Waals surface area contributed by atoms with Crippen LogP contribution in [0.25, 0.3) is 0 Å². The van der Waals surface area contributed by atoms with Crippen LogP contribution < -0.4 is 5.32 Å². The first-order valence-electron chi connectivity index (χ1n) is 8.37. The Hall–Kier alpha value is -1.56. The lowest BCUT2D eigenvalue weighted by Gasteiger charge is -2.24. The van der Waals surface area contributed by atoms with Gasteiger partial charge in [-0.25, -0.2) is 4.39 Å². The van der Waals surface area contributed by atoms with Gasteiger partial charge in [0.1, 0.15) is 5.82 Å². The van der Waals surface area contributed by atoms with Crippen LogP contribution in [0.2, 0.25) is 0 Å². The Morgan fingerprint density at radius 2 is 1.92 bits per heavy atom. The lowest BCUT2D eigenvalue weighted by molar-refractivity contribution is -0.129. The fourth-order valence-electron chi connectivity index (χ4n) is 2.98. The zero-order valence-corrected chi connectivity index (χ0v) is 15.1. The number of nitrogens with one attached hydrogen (secondary N) is 1. The van der Waals surface area contributed by atoms with Crippen molar-refractivity contribution in [3.8, 4) is 0 Å². The van der Waals surface area contributed by atoms with Gasteiger partial charge in [0.05, 0.1) is 11.0 Å². The summed E-state index contributed by atoms with van der Waals surface area (Å²) in [5.41, 5.74) is 0.555. The van der Waals surface area contributed by atoms with Crippen LogP contribution in [0.5, 0.6) is 0 Å². The molecule has 0 bridgehead atoms. The van der Waals surface area contributed by atoms with E-state index in [0.717, 1.165) is 6.54 Å². The van der Waals surface area contributed by atoms with Gasteiger partial charge >= 0.3 is 0 Å². The Bertz CT molecular complexity index is 559. The fourth-order valence-corrected chi connectivity index (χ4v) is 3.78. The molecule has 1 N–H and O–H groups in total. The summed E-state index contributed by atoms with van der Waals surface area (Å²) >= 11 is 1.32. The number of hydrogen-bond acceptors (Lipinski definition) is 3. The summed E-state index contributed by atoms with van der Waals surface area (Å²) in [6.45, 7) is 2.65. The summed E-state index contributed by atoms with van der Waals surface area (Å²) in [6, 6.07) is 5.63. The molecule has 24 heavy (non-hydrogen) atoms. The first kappa shape index (κ1) is 18.8. The first-order chi connectivity index (χ1) is 11.5. The predicted molar refractivity (Wildman–Crippen MR) is 96.5 cm³/mol. The highest BCUT2D eigenvalue weighted by atomic mass is 32.2. The predicted octanol–water partition coefficient (Wildman–Crippen LogP) is 3.53. The van der Waals surface area contributed by atoms with Crippen LogP contribution >= 0.6 is 11.8 Å². The lowest BCUT2D eigenvalue weighted by Crippen LogP contribution is -2.36. The van der Waals surface area contributed by atoms with Gasteiger partial charge in [-0.05, 0) is 49.9 Å². The number of carbonyl (C=O) groups excluding carboxylic acids is 2. The molecule has 1 saturated carbocycles. The molecule has 0 heterocycles. The second kappa shape index (κ2) is 9.06. The summed E-state index contributed by atoms with van der Waals surface area (Å²) in [4.78, 5) is 26.1. The highest BCUT2D eigenvalue weighted by molar-refractivity contribution is 8.01. The minimum absolute atomic E-state index is 0.0708. The van der Waals surface area contributed by atoms with E-state index < -0.39 is 0 Å². The maximum Gasteiger partial charge on any atom is 0.235 e. The molecule has 2 rings (SSSR count). The minimum atomic E-state index is -0.341. The van der Waals surface area contributed by atoms with Crippen LogP contribution in [0.15, 0.2) is 24.3 Å². The highest BCUT2D eigenvalue weighted by Crippen LogP contribution is 2.25. The third-order valence-electron chi connectivity index (χ3n) is 4.32. The molecule has 132 valence electrons. The Balaban J connectivity index is 1.72. The molecule has 0 saturated heterocycles. The van der Waals surface area contributed by atoms with Gasteiger partial charge in [0.25, 0.3) is 0 Å². The molecular weight excluding hydrogens is 327 g/mol. The number of rotatable bonds is 7. The van der Waals surface area contributed by atoms with Gasteiger partial charge < -0.3 is 10.2 Å². The molecule has 1 fully saturated rings. The number of carbonyl (C=O) groups is 2. The van der Waals surface area contributed by atoms with Crippen molar-refractivity contribution in [3.05, 3.63) is 30.1 Å². The molecular formula is C18H25FN2O2S. The SMILES string of the molecule is CC(SCC(=O)Nc1ccc(F)cc1)C(=O)N(C)CC1CCCC1. The summed E-state index contributed by atoms with van der Waals surface area (Å²) in [7, 11) is 1.84. The molecule has 0 radical (unpaired) electrons. The van der Waals surface area contributed by atoms with Gasteiger partial charge in [0.15, 0.2) is 0 Å². The average Bonchev–Trinajstić information content (AvgIpc) is 3.07. The number of halogens is 1. The van der Waals surface area contributed by atoms with Crippen molar-refractivity contribution >= 4 is 29.3 Å². The molecule has 1 aliphatic rings. The maximum atomic E-state index is 12.8. The van der Waals surface area contributed by atoms with Crippen molar-refractivity contribution < 1.29 is 14.0 Å². The van der Waals surface area contributed by atoms with Crippen molar-refractivity contribution in [1.82, 2.24) is 4.90 Å². The third kappa shape index (κ3) is 5.82. The maximum absolute atomic E-state index is 12.8. The van der Waals surface area contributed by atoms with Crippen molar-refractivity contribution in [3.63, 3.8) is 0 Å². The van der Waals surface area contributed by atoms with E-state index in [1.165, 1.54) is 61.7 Å². The first-order valence-corrected chi connectivity index (χ1v) is 9.42. The number of benzene rings is 1. The zero-order valence-electron chi connectivity index (χ0n) is 14.3. The third-order valence-corrected chi connectivity index (χ3v) is 5.45. The van der Waals surface area contributed by atoms with E-state index >= 15 is 0 Å². The van der Waals surface area contributed by atoms with Crippen molar-refractivity contribution in [2.24, 2.45) is 5.92 Å². The number of anilines is 1. The molecule has 1 aliphatic carbocycles. The van der Waals surface area contributed by atoms with E-state index in [4.69, 9.17) is 0 Å². The number of thioether (sulfide) groups is 1. The molecule has 4 nitrogen and oxygen atoms in total. The molecule has 1 atom stereocenters. The molecule has 1 aromatic rings. The number of amides is 2. The monoisotopic (exact) mass is 352 g/mol. The Morgan fingerprint density at radius 3 is 2.54 bits per heavy atom. The normalized spacial score (nSPS) is 16.0. The molecule has 0 spiro atoms. The summed E-state index contributed by atoms with van der Waals surface area (Å²) in [5, 5.41) is 2.45. The summed E-state index contributed by atoms with van der Waals surface area (Å²) in [5.74, 6) is 0.359. The van der Waals surface area contributed by atoms with Gasteiger partial charge in [-0.1, -0.05) is 12.8 Å². The van der Waals surface area contributed by atoms with Crippen LogP contribution in [-0.4, -0.2) is 41.3 Å². The molecule has 2 amide bonds. The van der Waals surface area contributed by atoms with Gasteiger partial charge in [-0.2, -0.15) is 0 Å². The summed E-state index contributed by atoms with van der Waals surface area (Å²) in [6.07, 6.45) is 4.94. The lowest BCUT2D eigenvalue weighted by atomic mass is 10.1. The van der Waals surface area contributed by atoms with Gasteiger partial charge in [0, 0.05) is 19.3 Å². The van der Waals surface area contributed by atoms with E-state index in [0.29, 0.717) is 11.6 Å². The molecule has 1 aromatic carbocycles. The van der Waals surface area contributed by atoms with Gasteiger partial charge in [-0.15, -0.1) is 11.8 Å². The zero-order chi connectivity index (χ0) is 17.5. The van der Waals surface area contributed by atoms with E-state index in [1.807, 2.05) is 14.0 Å². The molecule has 6 heteroatoms.